The Morgan fingerprint density at radius 1 is 1.40 bits per heavy atom. The number of ether oxygens (including phenoxy) is 2. The highest BCUT2D eigenvalue weighted by atomic mass is 16.5. The van der Waals surface area contributed by atoms with E-state index in [0.29, 0.717) is 37.4 Å². The minimum absolute atomic E-state index is 0.104. The highest BCUT2D eigenvalue weighted by Crippen LogP contribution is 2.31. The summed E-state index contributed by atoms with van der Waals surface area (Å²) in [4.78, 5) is 6.93. The van der Waals surface area contributed by atoms with E-state index in [4.69, 9.17) is 19.7 Å². The normalized spacial score (nSPS) is 38.2. The molecule has 0 aromatic carbocycles. The molecule has 4 rings (SSSR count). The predicted octanol–water partition coefficient (Wildman–Crippen LogP) is 0.180. The molecule has 3 aliphatic rings. The monoisotopic (exact) mass is 280 g/mol. The van der Waals surface area contributed by atoms with Crippen molar-refractivity contribution in [2.75, 3.05) is 32.9 Å². The molecule has 0 saturated carbocycles. The van der Waals surface area contributed by atoms with E-state index in [1.165, 1.54) is 12.8 Å². The maximum atomic E-state index is 6.24. The molecule has 1 aromatic heterocycles. The molecule has 0 spiro atoms. The Bertz CT molecular complexity index is 486. The van der Waals surface area contributed by atoms with E-state index in [2.05, 4.69) is 15.0 Å². The van der Waals surface area contributed by atoms with Crippen molar-refractivity contribution >= 4 is 0 Å². The van der Waals surface area contributed by atoms with E-state index in [1.54, 1.807) is 0 Å². The van der Waals surface area contributed by atoms with Crippen molar-refractivity contribution in [1.82, 2.24) is 15.0 Å². The smallest absolute Gasteiger partial charge is 0.249 e. The van der Waals surface area contributed by atoms with Crippen molar-refractivity contribution in [3.05, 3.63) is 11.7 Å². The minimum atomic E-state index is -0.629. The molecule has 0 radical (unpaired) electrons. The van der Waals surface area contributed by atoms with Crippen LogP contribution in [0.2, 0.25) is 0 Å². The fourth-order valence-electron chi connectivity index (χ4n) is 3.29. The number of morpholine rings is 1. The van der Waals surface area contributed by atoms with Gasteiger partial charge >= 0.3 is 0 Å². The fourth-order valence-corrected chi connectivity index (χ4v) is 3.29. The van der Waals surface area contributed by atoms with Gasteiger partial charge in [0, 0.05) is 19.2 Å². The second kappa shape index (κ2) is 4.77. The van der Waals surface area contributed by atoms with Crippen molar-refractivity contribution in [1.29, 1.82) is 0 Å². The van der Waals surface area contributed by atoms with Crippen LogP contribution >= 0.6 is 0 Å². The van der Waals surface area contributed by atoms with Crippen LogP contribution in [0.25, 0.3) is 0 Å². The van der Waals surface area contributed by atoms with Crippen LogP contribution in [0.1, 0.15) is 37.1 Å². The van der Waals surface area contributed by atoms with Crippen molar-refractivity contribution in [3.63, 3.8) is 0 Å². The molecule has 0 amide bonds. The molecule has 2 N–H and O–H groups in total. The highest BCUT2D eigenvalue weighted by Gasteiger charge is 2.40. The first-order valence-corrected chi connectivity index (χ1v) is 7.31. The average Bonchev–Trinajstić information content (AvgIpc) is 3.18. The van der Waals surface area contributed by atoms with E-state index in [0.717, 1.165) is 19.7 Å². The number of hydrogen-bond donors (Lipinski definition) is 1. The predicted molar refractivity (Wildman–Crippen MR) is 68.9 cm³/mol. The molecule has 1 aromatic rings. The van der Waals surface area contributed by atoms with Crippen LogP contribution in [0.3, 0.4) is 0 Å². The first-order chi connectivity index (χ1) is 9.74. The largest absolute Gasteiger partial charge is 0.379 e. The van der Waals surface area contributed by atoms with Crippen LogP contribution < -0.4 is 5.73 Å². The number of nitrogens with two attached hydrogens (primary N) is 1. The molecule has 0 bridgehead atoms. The molecule has 7 heteroatoms. The zero-order chi connectivity index (χ0) is 13.6. The Hall–Kier alpha value is -1.02. The number of aromatic nitrogens is 2. The molecular formula is C13H20N4O3. The third-order valence-electron chi connectivity index (χ3n) is 4.60. The van der Waals surface area contributed by atoms with Gasteiger partial charge in [-0.15, -0.1) is 0 Å². The third-order valence-corrected chi connectivity index (χ3v) is 4.60. The number of nitrogens with zero attached hydrogens (tertiary/aromatic N) is 3. The molecule has 3 saturated heterocycles. The van der Waals surface area contributed by atoms with Gasteiger partial charge in [0.1, 0.15) is 11.6 Å². The van der Waals surface area contributed by atoms with Gasteiger partial charge < -0.3 is 19.7 Å². The zero-order valence-corrected chi connectivity index (χ0v) is 11.5. The van der Waals surface area contributed by atoms with E-state index < -0.39 is 5.54 Å². The minimum Gasteiger partial charge on any atom is -0.379 e. The lowest BCUT2D eigenvalue weighted by atomic mass is 10.0. The van der Waals surface area contributed by atoms with E-state index in [1.807, 2.05) is 0 Å². The summed E-state index contributed by atoms with van der Waals surface area (Å²) in [6.45, 7) is 3.82. The number of fused-ring (bicyclic) bond motifs is 1. The number of hydrogen-bond acceptors (Lipinski definition) is 7. The summed E-state index contributed by atoms with van der Waals surface area (Å²) in [5, 5.41) is 4.07. The van der Waals surface area contributed by atoms with Gasteiger partial charge in [0.05, 0.1) is 13.2 Å². The summed E-state index contributed by atoms with van der Waals surface area (Å²) in [5.41, 5.74) is 5.61. The van der Waals surface area contributed by atoms with Gasteiger partial charge in [-0.25, -0.2) is 0 Å². The van der Waals surface area contributed by atoms with Gasteiger partial charge in [-0.05, 0) is 25.8 Å². The summed E-state index contributed by atoms with van der Waals surface area (Å²) in [6, 6.07) is 0.571. The lowest BCUT2D eigenvalue weighted by molar-refractivity contribution is -0.0548. The van der Waals surface area contributed by atoms with Crippen molar-refractivity contribution in [2.45, 2.75) is 36.9 Å². The van der Waals surface area contributed by atoms with Crippen molar-refractivity contribution in [2.24, 2.45) is 5.73 Å². The fraction of sp³-hybridized carbons (Fsp3) is 0.846. The molecule has 110 valence electrons. The van der Waals surface area contributed by atoms with Crippen LogP contribution in [0.4, 0.5) is 0 Å². The average molecular weight is 280 g/mol. The summed E-state index contributed by atoms with van der Waals surface area (Å²) in [6.07, 6.45) is 3.09. The Morgan fingerprint density at radius 2 is 2.35 bits per heavy atom. The van der Waals surface area contributed by atoms with E-state index >= 15 is 0 Å². The Balaban J connectivity index is 1.50. The first-order valence-electron chi connectivity index (χ1n) is 7.31. The van der Waals surface area contributed by atoms with Gasteiger partial charge in [-0.3, -0.25) is 4.90 Å². The lowest BCUT2D eigenvalue weighted by Gasteiger charge is -2.33. The second-order valence-electron chi connectivity index (χ2n) is 6.03. The summed E-state index contributed by atoms with van der Waals surface area (Å²) >= 11 is 0. The van der Waals surface area contributed by atoms with Crippen LogP contribution in [-0.4, -0.2) is 54.0 Å². The molecule has 7 nitrogen and oxygen atoms in total. The molecule has 3 fully saturated rings. The van der Waals surface area contributed by atoms with Gasteiger partial charge in [0.25, 0.3) is 0 Å². The topological polar surface area (TPSA) is 86.6 Å². The van der Waals surface area contributed by atoms with Gasteiger partial charge in [-0.1, -0.05) is 5.16 Å². The summed E-state index contributed by atoms with van der Waals surface area (Å²) in [7, 11) is 0. The van der Waals surface area contributed by atoms with Gasteiger partial charge in [0.2, 0.25) is 11.7 Å². The molecule has 20 heavy (non-hydrogen) atoms. The molecule has 3 unspecified atom stereocenters. The number of rotatable bonds is 2. The van der Waals surface area contributed by atoms with Gasteiger partial charge in [0.15, 0.2) is 0 Å². The maximum Gasteiger partial charge on any atom is 0.249 e. The Morgan fingerprint density at radius 3 is 3.20 bits per heavy atom. The Kier molecular flexibility index (Phi) is 3.03. The summed E-state index contributed by atoms with van der Waals surface area (Å²) in [5.74, 6) is 1.08. The Labute approximate surface area is 117 Å². The highest BCUT2D eigenvalue weighted by molar-refractivity contribution is 5.06. The van der Waals surface area contributed by atoms with Gasteiger partial charge in [-0.2, -0.15) is 4.98 Å². The SMILES string of the molecule is NC1(c2nc(C3CN4CCCC4CO3)no2)CCOC1. The van der Waals surface area contributed by atoms with Crippen LogP contribution in [0.15, 0.2) is 4.52 Å². The van der Waals surface area contributed by atoms with E-state index in [-0.39, 0.29) is 6.10 Å². The second-order valence-corrected chi connectivity index (χ2v) is 6.03. The molecular weight excluding hydrogens is 260 g/mol. The van der Waals surface area contributed by atoms with Crippen molar-refractivity contribution < 1.29 is 14.0 Å². The van der Waals surface area contributed by atoms with E-state index in [9.17, 15) is 0 Å². The quantitative estimate of drug-likeness (QED) is 0.826. The molecule has 0 aliphatic carbocycles. The molecule has 3 atom stereocenters. The molecule has 4 heterocycles. The van der Waals surface area contributed by atoms with Crippen LogP contribution in [0, 0.1) is 0 Å². The molecule has 3 aliphatic heterocycles. The lowest BCUT2D eigenvalue weighted by Crippen LogP contribution is -2.42. The maximum absolute atomic E-state index is 6.24. The third kappa shape index (κ3) is 2.05. The van der Waals surface area contributed by atoms with Crippen molar-refractivity contribution in [3.8, 4) is 0 Å². The van der Waals surface area contributed by atoms with Crippen LogP contribution in [0.5, 0.6) is 0 Å². The van der Waals surface area contributed by atoms with Crippen LogP contribution in [-0.2, 0) is 15.0 Å². The standard InChI is InChI=1S/C13H20N4O3/c14-13(3-5-18-8-13)12-15-11(16-20-12)10-6-17-4-1-2-9(17)7-19-10/h9-10H,1-8,14H2. The zero-order valence-electron chi connectivity index (χ0n) is 11.5. The first kappa shape index (κ1) is 12.7. The summed E-state index contributed by atoms with van der Waals surface area (Å²) < 4.78 is 16.6.